The summed E-state index contributed by atoms with van der Waals surface area (Å²) in [6.07, 6.45) is -4.62. The van der Waals surface area contributed by atoms with E-state index in [1.165, 1.54) is 12.1 Å². The third-order valence-corrected chi connectivity index (χ3v) is 2.63. The van der Waals surface area contributed by atoms with E-state index in [-0.39, 0.29) is 16.3 Å². The second-order valence-electron chi connectivity index (χ2n) is 3.69. The maximum absolute atomic E-state index is 12.6. The number of nitrogens with zero attached hydrogens (tertiary/aromatic N) is 2. The van der Waals surface area contributed by atoms with Crippen molar-refractivity contribution in [3.05, 3.63) is 52.7 Å². The lowest BCUT2D eigenvalue weighted by Crippen LogP contribution is -2.09. The standard InChI is InChI=1S/C13H6ClF3N2O/c14-9-3-1-2-4-10(9)20-12-8(7-18)5-6-11(19-12)13(15,16)17/h1-6H. The molecule has 0 spiro atoms. The van der Waals surface area contributed by atoms with Gasteiger partial charge in [0.15, 0.2) is 0 Å². The zero-order valence-corrected chi connectivity index (χ0v) is 10.5. The molecule has 0 saturated carbocycles. The van der Waals surface area contributed by atoms with Gasteiger partial charge in [-0.3, -0.25) is 0 Å². The summed E-state index contributed by atoms with van der Waals surface area (Å²) in [6, 6.07) is 9.65. The highest BCUT2D eigenvalue weighted by Gasteiger charge is 2.33. The monoisotopic (exact) mass is 298 g/mol. The predicted octanol–water partition coefficient (Wildman–Crippen LogP) is 4.42. The third-order valence-electron chi connectivity index (χ3n) is 2.31. The Morgan fingerprint density at radius 3 is 2.45 bits per heavy atom. The molecule has 20 heavy (non-hydrogen) atoms. The first kappa shape index (κ1) is 14.2. The van der Waals surface area contributed by atoms with E-state index in [0.717, 1.165) is 12.1 Å². The van der Waals surface area contributed by atoms with Crippen LogP contribution in [0.25, 0.3) is 0 Å². The highest BCUT2D eigenvalue weighted by molar-refractivity contribution is 6.32. The van der Waals surface area contributed by atoms with Gasteiger partial charge in [0.05, 0.1) is 5.02 Å². The number of pyridine rings is 1. The molecule has 0 aliphatic heterocycles. The minimum Gasteiger partial charge on any atom is -0.436 e. The average Bonchev–Trinajstić information content (AvgIpc) is 2.40. The number of alkyl halides is 3. The van der Waals surface area contributed by atoms with Crippen molar-refractivity contribution in [1.82, 2.24) is 4.98 Å². The average molecular weight is 299 g/mol. The van der Waals surface area contributed by atoms with E-state index in [1.807, 2.05) is 0 Å². The molecule has 0 radical (unpaired) electrons. The molecule has 0 aliphatic carbocycles. The number of nitriles is 1. The summed E-state index contributed by atoms with van der Waals surface area (Å²) in [5.41, 5.74) is -1.25. The van der Waals surface area contributed by atoms with E-state index in [0.29, 0.717) is 0 Å². The number of aromatic nitrogens is 1. The Hall–Kier alpha value is -2.26. The lowest BCUT2D eigenvalue weighted by molar-refractivity contribution is -0.141. The molecule has 0 unspecified atom stereocenters. The molecule has 102 valence electrons. The highest BCUT2D eigenvalue weighted by Crippen LogP contribution is 2.33. The Kier molecular flexibility index (Phi) is 3.81. The zero-order chi connectivity index (χ0) is 14.8. The second-order valence-corrected chi connectivity index (χ2v) is 4.10. The van der Waals surface area contributed by atoms with E-state index in [1.54, 1.807) is 18.2 Å². The number of halogens is 4. The van der Waals surface area contributed by atoms with Crippen LogP contribution in [0.1, 0.15) is 11.3 Å². The van der Waals surface area contributed by atoms with Crippen molar-refractivity contribution in [1.29, 1.82) is 5.26 Å². The molecule has 7 heteroatoms. The molecule has 0 saturated heterocycles. The number of benzene rings is 1. The summed E-state index contributed by atoms with van der Waals surface area (Å²) in [5, 5.41) is 9.08. The number of para-hydroxylation sites is 1. The van der Waals surface area contributed by atoms with Crippen LogP contribution in [0.3, 0.4) is 0 Å². The fourth-order valence-electron chi connectivity index (χ4n) is 1.39. The first-order valence-corrected chi connectivity index (χ1v) is 5.70. The minimum absolute atomic E-state index is 0.113. The van der Waals surface area contributed by atoms with Crippen LogP contribution < -0.4 is 4.74 Å². The van der Waals surface area contributed by atoms with E-state index in [9.17, 15) is 13.2 Å². The van der Waals surface area contributed by atoms with Gasteiger partial charge in [-0.1, -0.05) is 23.7 Å². The second kappa shape index (κ2) is 5.39. The van der Waals surface area contributed by atoms with Crippen molar-refractivity contribution in [2.24, 2.45) is 0 Å². The Balaban J connectivity index is 2.45. The van der Waals surface area contributed by atoms with Gasteiger partial charge in [0.25, 0.3) is 0 Å². The Morgan fingerprint density at radius 2 is 1.85 bits per heavy atom. The lowest BCUT2D eigenvalue weighted by Gasteiger charge is -2.11. The SMILES string of the molecule is N#Cc1ccc(C(F)(F)F)nc1Oc1ccccc1Cl. The van der Waals surface area contributed by atoms with Crippen LogP contribution in [0.2, 0.25) is 5.02 Å². The van der Waals surface area contributed by atoms with Crippen LogP contribution in [-0.4, -0.2) is 4.98 Å². The van der Waals surface area contributed by atoms with Gasteiger partial charge >= 0.3 is 6.18 Å². The van der Waals surface area contributed by atoms with E-state index in [4.69, 9.17) is 21.6 Å². The molecule has 1 heterocycles. The molecule has 1 aromatic heterocycles. The Morgan fingerprint density at radius 1 is 1.15 bits per heavy atom. The summed E-state index contributed by atoms with van der Waals surface area (Å²) < 4.78 is 43.0. The largest absolute Gasteiger partial charge is 0.436 e. The molecule has 2 rings (SSSR count). The Bertz CT molecular complexity index is 680. The molecule has 0 amide bonds. The minimum atomic E-state index is -4.62. The van der Waals surface area contributed by atoms with E-state index in [2.05, 4.69) is 4.98 Å². The van der Waals surface area contributed by atoms with Crippen LogP contribution >= 0.6 is 11.6 Å². The summed E-state index contributed by atoms with van der Waals surface area (Å²) in [5.74, 6) is -0.312. The smallest absolute Gasteiger partial charge is 0.433 e. The van der Waals surface area contributed by atoms with Crippen molar-refractivity contribution in [3.63, 3.8) is 0 Å². The van der Waals surface area contributed by atoms with E-state index < -0.39 is 17.8 Å². The molecule has 0 atom stereocenters. The maximum atomic E-state index is 12.6. The molecular formula is C13H6ClF3N2O. The van der Waals surface area contributed by atoms with Crippen molar-refractivity contribution < 1.29 is 17.9 Å². The first-order valence-electron chi connectivity index (χ1n) is 5.32. The number of hydrogen-bond donors (Lipinski definition) is 0. The summed E-state index contributed by atoms with van der Waals surface area (Å²) in [6.45, 7) is 0. The van der Waals surface area contributed by atoms with Crippen molar-refractivity contribution in [3.8, 4) is 17.7 Å². The van der Waals surface area contributed by atoms with Crippen molar-refractivity contribution in [2.75, 3.05) is 0 Å². The normalized spacial score (nSPS) is 10.9. The molecule has 0 aliphatic rings. The third kappa shape index (κ3) is 3.00. The maximum Gasteiger partial charge on any atom is 0.433 e. The van der Waals surface area contributed by atoms with Crippen molar-refractivity contribution >= 4 is 11.6 Å². The van der Waals surface area contributed by atoms with Crippen LogP contribution in [0, 0.1) is 11.3 Å². The van der Waals surface area contributed by atoms with Crippen LogP contribution in [0.15, 0.2) is 36.4 Å². The number of ether oxygens (including phenoxy) is 1. The predicted molar refractivity (Wildman–Crippen MR) is 65.5 cm³/mol. The van der Waals surface area contributed by atoms with Gasteiger partial charge in [0.2, 0.25) is 5.88 Å². The lowest BCUT2D eigenvalue weighted by atomic mass is 10.2. The van der Waals surface area contributed by atoms with Gasteiger partial charge in [0.1, 0.15) is 23.1 Å². The molecule has 3 nitrogen and oxygen atoms in total. The van der Waals surface area contributed by atoms with Gasteiger partial charge in [-0.15, -0.1) is 0 Å². The number of hydrogen-bond acceptors (Lipinski definition) is 3. The first-order chi connectivity index (χ1) is 9.41. The molecule has 1 aromatic carbocycles. The van der Waals surface area contributed by atoms with Gasteiger partial charge in [-0.25, -0.2) is 4.98 Å². The summed E-state index contributed by atoms with van der Waals surface area (Å²) >= 11 is 5.84. The van der Waals surface area contributed by atoms with Gasteiger partial charge in [-0.2, -0.15) is 18.4 Å². The van der Waals surface area contributed by atoms with Gasteiger partial charge < -0.3 is 4.74 Å². The molecule has 2 aromatic rings. The van der Waals surface area contributed by atoms with E-state index >= 15 is 0 Å². The Labute approximate surface area is 117 Å². The fraction of sp³-hybridized carbons (Fsp3) is 0.0769. The molecule has 0 N–H and O–H groups in total. The molecule has 0 bridgehead atoms. The quantitative estimate of drug-likeness (QED) is 0.824. The van der Waals surface area contributed by atoms with Gasteiger partial charge in [-0.05, 0) is 24.3 Å². The van der Waals surface area contributed by atoms with Crippen molar-refractivity contribution in [2.45, 2.75) is 6.18 Å². The summed E-state index contributed by atoms with van der Waals surface area (Å²) in [7, 11) is 0. The molecule has 0 fully saturated rings. The number of rotatable bonds is 2. The van der Waals surface area contributed by atoms with Crippen LogP contribution in [-0.2, 0) is 6.18 Å². The van der Waals surface area contributed by atoms with Crippen LogP contribution in [0.4, 0.5) is 13.2 Å². The highest BCUT2D eigenvalue weighted by atomic mass is 35.5. The summed E-state index contributed by atoms with van der Waals surface area (Å²) in [4.78, 5) is 3.32. The molecular weight excluding hydrogens is 293 g/mol. The topological polar surface area (TPSA) is 45.9 Å². The fourth-order valence-corrected chi connectivity index (χ4v) is 1.57. The zero-order valence-electron chi connectivity index (χ0n) is 9.78. The van der Waals surface area contributed by atoms with Crippen LogP contribution in [0.5, 0.6) is 11.6 Å². The van der Waals surface area contributed by atoms with Gasteiger partial charge in [0, 0.05) is 0 Å².